The summed E-state index contributed by atoms with van der Waals surface area (Å²) in [6, 6.07) is 16.9. The number of hydrogen-bond donors (Lipinski definition) is 8. The van der Waals surface area contributed by atoms with Crippen molar-refractivity contribution < 1.29 is 51.0 Å². The van der Waals surface area contributed by atoms with Crippen LogP contribution < -0.4 is 64.4 Å². The Morgan fingerprint density at radius 3 is 1.29 bits per heavy atom. The fraction of sp³-hybridized carbons (Fsp3) is 0.588. The maximum Gasteiger partial charge on any atom is 0.327 e. The van der Waals surface area contributed by atoms with Gasteiger partial charge in [0.15, 0.2) is 0 Å². The molecule has 4 amide bonds. The first-order valence-corrected chi connectivity index (χ1v) is 33.1. The van der Waals surface area contributed by atoms with Crippen LogP contribution in [0.2, 0.25) is 27.3 Å². The van der Waals surface area contributed by atoms with E-state index in [1.165, 1.54) is 17.1 Å². The Morgan fingerprint density at radius 2 is 0.791 bits per heavy atom. The van der Waals surface area contributed by atoms with Gasteiger partial charge in [-0.05, 0) is 132 Å². The number of carbonyl (C=O) groups excluding carboxylic acids is 4. The molecule has 0 unspecified atom stereocenters. The largest absolute Gasteiger partial charge is 0.427 e. The molecule has 16 nitrogen and oxygen atoms in total. The lowest BCUT2D eigenvalue weighted by Crippen LogP contribution is -2.37. The minimum absolute atomic E-state index is 0.0155. The van der Waals surface area contributed by atoms with Crippen molar-refractivity contribution in [2.45, 2.75) is 188 Å². The van der Waals surface area contributed by atoms with Gasteiger partial charge in [0.25, 0.3) is 0 Å². The number of amides is 4. The lowest BCUT2D eigenvalue weighted by Gasteiger charge is -2.21. The Kier molecular flexibility index (Phi) is 29.2. The third kappa shape index (κ3) is 22.0. The first-order valence-electron chi connectivity index (χ1n) is 33.1. The first kappa shape index (κ1) is 75.6. The van der Waals surface area contributed by atoms with Crippen LogP contribution in [0.4, 0.5) is 35.9 Å². The van der Waals surface area contributed by atoms with Gasteiger partial charge in [-0.15, -0.1) is 0 Å². The molecule has 0 saturated heterocycles. The van der Waals surface area contributed by atoms with Crippen LogP contribution in [0.15, 0.2) is 54.6 Å². The van der Waals surface area contributed by atoms with Crippen LogP contribution in [-0.4, -0.2) is 104 Å². The SMILES string of the molecule is CCC(C)(C)C(=O)NCCCNc1cc(F)c2c(c1)B(C)OC2.CCC(C)(C)C(=O)NCCCNc1cc2c(cc1F)COB2C.CCC(C)(C)C(=O)NCCCNc1ccc2c(c1)B(C)OC2.CCC(C)(C)C(=O)NCCCNc1ccc2c(c1F)B(C)OC2. The molecule has 0 fully saturated rings. The van der Waals surface area contributed by atoms with Gasteiger partial charge < -0.3 is 61.2 Å². The lowest BCUT2D eigenvalue weighted by molar-refractivity contribution is -0.130. The van der Waals surface area contributed by atoms with Crippen molar-refractivity contribution in [3.63, 3.8) is 0 Å². The van der Waals surface area contributed by atoms with E-state index in [2.05, 4.69) is 67.6 Å². The van der Waals surface area contributed by atoms with Gasteiger partial charge >= 0.3 is 27.7 Å². The van der Waals surface area contributed by atoms with Crippen LogP contribution in [0.1, 0.15) is 157 Å². The number of fused-ring (bicyclic) bond motifs is 4. The van der Waals surface area contributed by atoms with E-state index in [1.54, 1.807) is 12.1 Å². The molecule has 0 atom stereocenters. The highest BCUT2D eigenvalue weighted by atomic mass is 19.1. The molecule has 4 aliphatic rings. The van der Waals surface area contributed by atoms with Crippen LogP contribution in [-0.2, 0) is 64.2 Å². The van der Waals surface area contributed by atoms with Gasteiger partial charge in [0, 0.05) is 91.0 Å². The quantitative estimate of drug-likeness (QED) is 0.0198. The smallest absolute Gasteiger partial charge is 0.327 e. The minimum atomic E-state index is -0.338. The topological polar surface area (TPSA) is 201 Å². The summed E-state index contributed by atoms with van der Waals surface area (Å²) in [7, 11) is 0. The predicted octanol–water partition coefficient (Wildman–Crippen LogP) is 10.0. The van der Waals surface area contributed by atoms with Crippen molar-refractivity contribution in [2.75, 3.05) is 73.6 Å². The van der Waals surface area contributed by atoms with Gasteiger partial charge in [-0.3, -0.25) is 19.2 Å². The summed E-state index contributed by atoms with van der Waals surface area (Å²) in [5.41, 5.74) is 9.32. The zero-order valence-corrected chi connectivity index (χ0v) is 57.5. The van der Waals surface area contributed by atoms with E-state index in [0.717, 1.165) is 97.9 Å². The molecule has 0 saturated carbocycles. The summed E-state index contributed by atoms with van der Waals surface area (Å²) in [4.78, 5) is 47.8. The summed E-state index contributed by atoms with van der Waals surface area (Å²) in [6.07, 6.45) is 6.46. The fourth-order valence-corrected chi connectivity index (χ4v) is 9.97. The summed E-state index contributed by atoms with van der Waals surface area (Å²) in [5, 5.41) is 24.7. The Morgan fingerprint density at radius 1 is 0.407 bits per heavy atom. The third-order valence-electron chi connectivity index (χ3n) is 18.4. The minimum Gasteiger partial charge on any atom is -0.427 e. The molecule has 0 spiro atoms. The van der Waals surface area contributed by atoms with Crippen LogP contribution in [0.3, 0.4) is 0 Å². The van der Waals surface area contributed by atoms with Gasteiger partial charge in [-0.1, -0.05) is 123 Å². The van der Waals surface area contributed by atoms with Gasteiger partial charge in [-0.2, -0.15) is 0 Å². The molecule has 4 heterocycles. The van der Waals surface area contributed by atoms with Crippen molar-refractivity contribution in [2.24, 2.45) is 21.7 Å². The number of nitrogens with one attached hydrogen (secondary N) is 8. The molecule has 4 aromatic carbocycles. The van der Waals surface area contributed by atoms with Crippen LogP contribution in [0, 0.1) is 39.1 Å². The zero-order chi connectivity index (χ0) is 67.3. The number of carbonyl (C=O) groups is 4. The Labute approximate surface area is 543 Å². The summed E-state index contributed by atoms with van der Waals surface area (Å²) in [6.45, 7) is 38.7. The van der Waals surface area contributed by atoms with Crippen molar-refractivity contribution in [3.05, 3.63) is 94.3 Å². The third-order valence-corrected chi connectivity index (χ3v) is 18.4. The highest BCUT2D eigenvalue weighted by molar-refractivity contribution is 6.69. The first-order chi connectivity index (χ1) is 43.0. The normalized spacial score (nSPS) is 13.9. The second-order valence-electron chi connectivity index (χ2n) is 26.9. The average Bonchev–Trinajstić information content (AvgIpc) is 1.86. The molecule has 91 heavy (non-hydrogen) atoms. The number of halogens is 3. The molecule has 498 valence electrons. The second kappa shape index (κ2) is 35.2. The Hall–Kier alpha value is -6.15. The van der Waals surface area contributed by atoms with Crippen LogP contribution in [0.5, 0.6) is 0 Å². The van der Waals surface area contributed by atoms with Crippen molar-refractivity contribution >= 4 is 95.9 Å². The molecular weight excluding hydrogens is 1160 g/mol. The van der Waals surface area contributed by atoms with E-state index in [9.17, 15) is 32.3 Å². The number of benzene rings is 4. The van der Waals surface area contributed by atoms with E-state index in [1.807, 2.05) is 122 Å². The van der Waals surface area contributed by atoms with E-state index >= 15 is 0 Å². The maximum absolute atomic E-state index is 14.5. The lowest BCUT2D eigenvalue weighted by atomic mass is 9.64. The molecule has 0 aromatic heterocycles. The van der Waals surface area contributed by atoms with Gasteiger partial charge in [0.1, 0.15) is 17.5 Å². The number of rotatable bonds is 28. The predicted molar refractivity (Wildman–Crippen MR) is 371 cm³/mol. The molecule has 0 radical (unpaired) electrons. The van der Waals surface area contributed by atoms with E-state index in [0.29, 0.717) is 88.0 Å². The van der Waals surface area contributed by atoms with Crippen LogP contribution >= 0.6 is 0 Å². The van der Waals surface area contributed by atoms with E-state index < -0.39 is 0 Å². The molecule has 23 heteroatoms. The average molecular weight is 1260 g/mol. The highest BCUT2D eigenvalue weighted by Gasteiger charge is 2.32. The summed E-state index contributed by atoms with van der Waals surface area (Å²) < 4.78 is 64.5. The zero-order valence-electron chi connectivity index (χ0n) is 57.5. The fourth-order valence-electron chi connectivity index (χ4n) is 9.97. The standard InChI is InChI=1S/3C17H26BFN2O2.C17H27BN2O2/c1-5-17(2,3)16(22)21-10-6-9-20-13-8-7-12-11-23-18(4)14(12)15(13)19;1-5-17(2,3)16(22)21-8-6-7-20-15-10-13-12(9-14(15)19)11-23-18(13)4;1-5-17(2,3)16(22)21-8-6-7-20-12-9-14-13(15(19)10-12)11-23-18(14)4;1-5-17(2,3)16(21)20-10-6-9-19-14-8-7-13-12-22-18(4)15(13)11-14/h7-8,20H,5-6,9-11H2,1-4H3,(H,21,22);2*9-10,20H,5-8,11H2,1-4H3,(H,21,22);7-8,11,19H,5-6,9-10,12H2,1-4H3,(H,20,21). The maximum atomic E-state index is 14.5. The molecule has 4 aliphatic heterocycles. The molecule has 4 aromatic rings. The summed E-state index contributed by atoms with van der Waals surface area (Å²) in [5.74, 6) is -0.342. The van der Waals surface area contributed by atoms with Gasteiger partial charge in [0.05, 0.1) is 37.8 Å². The monoisotopic (exact) mass is 1260 g/mol. The molecule has 0 aliphatic carbocycles. The van der Waals surface area contributed by atoms with E-state index in [-0.39, 0.29) is 90.4 Å². The number of hydrogen-bond acceptors (Lipinski definition) is 12. The van der Waals surface area contributed by atoms with Crippen molar-refractivity contribution in [3.8, 4) is 0 Å². The van der Waals surface area contributed by atoms with Crippen molar-refractivity contribution in [1.82, 2.24) is 21.3 Å². The molecule has 0 bridgehead atoms. The highest BCUT2D eigenvalue weighted by Crippen LogP contribution is 2.26. The van der Waals surface area contributed by atoms with Gasteiger partial charge in [-0.25, -0.2) is 13.2 Å². The molecule has 8 rings (SSSR count). The molecular formula is C68H105B4F3N8O8. The van der Waals surface area contributed by atoms with E-state index in [4.69, 9.17) is 18.6 Å². The van der Waals surface area contributed by atoms with Crippen molar-refractivity contribution in [1.29, 1.82) is 0 Å². The number of anilines is 4. The van der Waals surface area contributed by atoms with Gasteiger partial charge in [0.2, 0.25) is 23.6 Å². The molecule has 8 N–H and O–H groups in total. The summed E-state index contributed by atoms with van der Waals surface area (Å²) >= 11 is 0. The Balaban J connectivity index is 0.000000220. The Bertz CT molecular complexity index is 3030. The van der Waals surface area contributed by atoms with Crippen LogP contribution in [0.25, 0.3) is 0 Å². The second-order valence-corrected chi connectivity index (χ2v) is 26.9.